The van der Waals surface area contributed by atoms with Crippen LogP contribution in [0.3, 0.4) is 0 Å². The number of rotatable bonds is 8. The summed E-state index contributed by atoms with van der Waals surface area (Å²) in [6.07, 6.45) is 0. The normalized spacial score (nSPS) is 11.8. The fourth-order valence-electron chi connectivity index (χ4n) is 2.81. The third-order valence-corrected chi connectivity index (χ3v) is 4.10. The zero-order valence-electron chi connectivity index (χ0n) is 15.7. The standard InChI is InChI=1S/C21H22N2O5/c1-3-26-17-10-6-7-14-11-18(28-20(14)17)13(2)23-21(25)15-8-4-5-9-16(15)27-12-19(22)24/h4-11,13H,3,12H2,1-2H3,(H2,22,24)(H,23,25). The first kappa shape index (κ1) is 19.3. The van der Waals surface area contributed by atoms with Crippen molar-refractivity contribution >= 4 is 22.8 Å². The number of hydrogen-bond acceptors (Lipinski definition) is 5. The van der Waals surface area contributed by atoms with Crippen LogP contribution in [-0.2, 0) is 4.79 Å². The monoisotopic (exact) mass is 382 g/mol. The molecule has 0 aliphatic rings. The lowest BCUT2D eigenvalue weighted by Gasteiger charge is -2.14. The van der Waals surface area contributed by atoms with Gasteiger partial charge in [0.1, 0.15) is 11.5 Å². The highest BCUT2D eigenvalue weighted by Crippen LogP contribution is 2.31. The summed E-state index contributed by atoms with van der Waals surface area (Å²) in [5, 5.41) is 3.78. The van der Waals surface area contributed by atoms with E-state index in [1.807, 2.05) is 38.1 Å². The number of carbonyl (C=O) groups is 2. The van der Waals surface area contributed by atoms with E-state index >= 15 is 0 Å². The third-order valence-electron chi connectivity index (χ3n) is 4.10. The van der Waals surface area contributed by atoms with Gasteiger partial charge in [-0.1, -0.05) is 24.3 Å². The minimum atomic E-state index is -0.615. The van der Waals surface area contributed by atoms with Gasteiger partial charge in [0.25, 0.3) is 11.8 Å². The molecular formula is C21H22N2O5. The van der Waals surface area contributed by atoms with Crippen LogP contribution in [0.4, 0.5) is 0 Å². The van der Waals surface area contributed by atoms with Crippen LogP contribution < -0.4 is 20.5 Å². The highest BCUT2D eigenvalue weighted by atomic mass is 16.5. The second-order valence-corrected chi connectivity index (χ2v) is 6.20. The molecule has 0 bridgehead atoms. The van der Waals surface area contributed by atoms with E-state index in [9.17, 15) is 9.59 Å². The molecule has 0 aliphatic carbocycles. The maximum Gasteiger partial charge on any atom is 0.255 e. The smallest absolute Gasteiger partial charge is 0.255 e. The molecule has 3 aromatic rings. The van der Waals surface area contributed by atoms with Gasteiger partial charge in [-0.3, -0.25) is 9.59 Å². The molecule has 2 aromatic carbocycles. The number of primary amides is 1. The van der Waals surface area contributed by atoms with Crippen molar-refractivity contribution in [1.82, 2.24) is 5.32 Å². The summed E-state index contributed by atoms with van der Waals surface area (Å²) in [7, 11) is 0. The van der Waals surface area contributed by atoms with Gasteiger partial charge in [-0.2, -0.15) is 0 Å². The Labute approximate surface area is 162 Å². The molecule has 7 heteroatoms. The quantitative estimate of drug-likeness (QED) is 0.623. The minimum Gasteiger partial charge on any atom is -0.490 e. The Morgan fingerprint density at radius 1 is 1.11 bits per heavy atom. The lowest BCUT2D eigenvalue weighted by atomic mass is 10.1. The van der Waals surface area contributed by atoms with E-state index in [1.54, 1.807) is 24.3 Å². The Balaban J connectivity index is 1.79. The van der Waals surface area contributed by atoms with Crippen molar-refractivity contribution in [1.29, 1.82) is 0 Å². The predicted octanol–water partition coefficient (Wildman–Crippen LogP) is 3.19. The Morgan fingerprint density at radius 3 is 2.61 bits per heavy atom. The van der Waals surface area contributed by atoms with Crippen molar-refractivity contribution in [2.24, 2.45) is 5.73 Å². The Morgan fingerprint density at radius 2 is 1.86 bits per heavy atom. The molecule has 0 aliphatic heterocycles. The summed E-state index contributed by atoms with van der Waals surface area (Å²) < 4.78 is 16.8. The van der Waals surface area contributed by atoms with Crippen LogP contribution in [0.1, 0.15) is 36.0 Å². The topological polar surface area (TPSA) is 104 Å². The summed E-state index contributed by atoms with van der Waals surface area (Å²) in [6, 6.07) is 13.8. The lowest BCUT2D eigenvalue weighted by Crippen LogP contribution is -2.27. The molecule has 0 saturated carbocycles. The number of amides is 2. The molecule has 0 saturated heterocycles. The Bertz CT molecular complexity index is 995. The number of carbonyl (C=O) groups excluding carboxylic acids is 2. The molecule has 146 valence electrons. The first-order chi connectivity index (χ1) is 13.5. The molecule has 28 heavy (non-hydrogen) atoms. The maximum absolute atomic E-state index is 12.7. The van der Waals surface area contributed by atoms with Crippen molar-refractivity contribution < 1.29 is 23.5 Å². The molecule has 0 spiro atoms. The van der Waals surface area contributed by atoms with Crippen molar-refractivity contribution in [3.63, 3.8) is 0 Å². The molecule has 1 aromatic heterocycles. The van der Waals surface area contributed by atoms with Gasteiger partial charge < -0.3 is 24.9 Å². The lowest BCUT2D eigenvalue weighted by molar-refractivity contribution is -0.119. The van der Waals surface area contributed by atoms with Crippen molar-refractivity contribution in [2.75, 3.05) is 13.2 Å². The van der Waals surface area contributed by atoms with Crippen LogP contribution in [-0.4, -0.2) is 25.0 Å². The van der Waals surface area contributed by atoms with Crippen LogP contribution >= 0.6 is 0 Å². The SMILES string of the molecule is CCOc1cccc2cc(C(C)NC(=O)c3ccccc3OCC(N)=O)oc12. The number of nitrogens with two attached hydrogens (primary N) is 1. The third kappa shape index (κ3) is 4.25. The van der Waals surface area contributed by atoms with Gasteiger partial charge in [-0.25, -0.2) is 0 Å². The second-order valence-electron chi connectivity index (χ2n) is 6.20. The minimum absolute atomic E-state index is 0.286. The Kier molecular flexibility index (Phi) is 5.84. The molecular weight excluding hydrogens is 360 g/mol. The predicted molar refractivity (Wildman–Crippen MR) is 104 cm³/mol. The van der Waals surface area contributed by atoms with E-state index < -0.39 is 11.9 Å². The zero-order valence-corrected chi connectivity index (χ0v) is 15.7. The second kappa shape index (κ2) is 8.47. The zero-order chi connectivity index (χ0) is 20.1. The van der Waals surface area contributed by atoms with Gasteiger partial charge in [-0.15, -0.1) is 0 Å². The maximum atomic E-state index is 12.7. The van der Waals surface area contributed by atoms with Crippen LogP contribution in [0, 0.1) is 0 Å². The van der Waals surface area contributed by atoms with E-state index in [0.717, 1.165) is 5.39 Å². The van der Waals surface area contributed by atoms with Gasteiger partial charge >= 0.3 is 0 Å². The molecule has 0 fully saturated rings. The fraction of sp³-hybridized carbons (Fsp3) is 0.238. The molecule has 1 atom stereocenters. The molecule has 3 N–H and O–H groups in total. The van der Waals surface area contributed by atoms with E-state index in [1.165, 1.54) is 0 Å². The van der Waals surface area contributed by atoms with Crippen LogP contribution in [0.5, 0.6) is 11.5 Å². The molecule has 1 heterocycles. The summed E-state index contributed by atoms with van der Waals surface area (Å²) >= 11 is 0. The van der Waals surface area contributed by atoms with E-state index in [0.29, 0.717) is 29.3 Å². The van der Waals surface area contributed by atoms with Gasteiger partial charge in [0, 0.05) is 5.39 Å². The molecule has 1 unspecified atom stereocenters. The highest BCUT2D eigenvalue weighted by molar-refractivity contribution is 5.97. The van der Waals surface area contributed by atoms with Crippen molar-refractivity contribution in [2.45, 2.75) is 19.9 Å². The van der Waals surface area contributed by atoms with E-state index in [2.05, 4.69) is 5.32 Å². The average Bonchev–Trinajstić information content (AvgIpc) is 3.12. The Hall–Kier alpha value is -3.48. The first-order valence-electron chi connectivity index (χ1n) is 8.95. The van der Waals surface area contributed by atoms with Gasteiger partial charge in [0.2, 0.25) is 0 Å². The number of fused-ring (bicyclic) bond motifs is 1. The van der Waals surface area contributed by atoms with Crippen molar-refractivity contribution in [3.05, 3.63) is 59.9 Å². The number of para-hydroxylation sites is 2. The first-order valence-corrected chi connectivity index (χ1v) is 8.95. The summed E-state index contributed by atoms with van der Waals surface area (Å²) in [4.78, 5) is 23.7. The molecule has 0 radical (unpaired) electrons. The summed E-state index contributed by atoms with van der Waals surface area (Å²) in [5.41, 5.74) is 6.06. The molecule has 3 rings (SSSR count). The number of benzene rings is 2. The van der Waals surface area contributed by atoms with E-state index in [-0.39, 0.29) is 18.3 Å². The van der Waals surface area contributed by atoms with Crippen molar-refractivity contribution in [3.8, 4) is 11.5 Å². The number of ether oxygens (including phenoxy) is 2. The van der Waals surface area contributed by atoms with Crippen LogP contribution in [0.15, 0.2) is 52.9 Å². The van der Waals surface area contributed by atoms with Gasteiger partial charge in [0.15, 0.2) is 17.9 Å². The highest BCUT2D eigenvalue weighted by Gasteiger charge is 2.19. The van der Waals surface area contributed by atoms with E-state index in [4.69, 9.17) is 19.6 Å². The fourth-order valence-corrected chi connectivity index (χ4v) is 2.81. The van der Waals surface area contributed by atoms with Crippen LogP contribution in [0.2, 0.25) is 0 Å². The molecule has 7 nitrogen and oxygen atoms in total. The average molecular weight is 382 g/mol. The van der Waals surface area contributed by atoms with Crippen LogP contribution in [0.25, 0.3) is 11.0 Å². The largest absolute Gasteiger partial charge is 0.490 e. The molecule has 2 amide bonds. The summed E-state index contributed by atoms with van der Waals surface area (Å²) in [6.45, 7) is 3.96. The van der Waals surface area contributed by atoms with Gasteiger partial charge in [-0.05, 0) is 38.1 Å². The summed E-state index contributed by atoms with van der Waals surface area (Å²) in [5.74, 6) is 0.587. The number of hydrogen-bond donors (Lipinski definition) is 2. The number of nitrogens with one attached hydrogen (secondary N) is 1. The van der Waals surface area contributed by atoms with Gasteiger partial charge in [0.05, 0.1) is 18.2 Å². The number of furan rings is 1.